The van der Waals surface area contributed by atoms with Crippen LogP contribution in [0.3, 0.4) is 0 Å². The van der Waals surface area contributed by atoms with E-state index in [1.165, 1.54) is 12.0 Å². The SMILES string of the molecule is C=CC(=O)OCC(CO/C(C)=C/C=C\C)OC(=O)C1CCCCC1C(=O)O.CC(C)C(C)c1ccc(OCC(CO)OC(=O)C2CCCCC2C(=O)O)cc1.CCC(C)C. The van der Waals surface area contributed by atoms with E-state index in [9.17, 15) is 39.3 Å². The van der Waals surface area contributed by atoms with E-state index in [1.54, 1.807) is 19.1 Å². The zero-order valence-electron chi connectivity index (χ0n) is 37.1. The molecule has 13 nitrogen and oxygen atoms in total. The Bertz CT molecular complexity index is 1510. The van der Waals surface area contributed by atoms with Crippen molar-refractivity contribution in [2.24, 2.45) is 35.5 Å². The fourth-order valence-corrected chi connectivity index (χ4v) is 6.34. The molecule has 0 aromatic heterocycles. The van der Waals surface area contributed by atoms with Gasteiger partial charge in [-0.1, -0.05) is 105 Å². The molecule has 1 aromatic carbocycles. The maximum Gasteiger partial charge on any atom is 0.330 e. The third kappa shape index (κ3) is 20.5. The number of rotatable bonds is 20. The second-order valence-corrected chi connectivity index (χ2v) is 16.1. The van der Waals surface area contributed by atoms with Crippen molar-refractivity contribution < 1.29 is 63.0 Å². The molecule has 0 heterocycles. The molecule has 0 bridgehead atoms. The largest absolute Gasteiger partial charge is 0.494 e. The Morgan fingerprint density at radius 1 is 0.750 bits per heavy atom. The summed E-state index contributed by atoms with van der Waals surface area (Å²) in [6, 6.07) is 7.76. The molecule has 3 N–H and O–H groups in total. The summed E-state index contributed by atoms with van der Waals surface area (Å²) in [4.78, 5) is 59.0. The van der Waals surface area contributed by atoms with Crippen molar-refractivity contribution in [1.82, 2.24) is 0 Å². The van der Waals surface area contributed by atoms with Crippen LogP contribution in [0.1, 0.15) is 125 Å². The first-order chi connectivity index (χ1) is 28.5. The van der Waals surface area contributed by atoms with Gasteiger partial charge in [-0.3, -0.25) is 19.2 Å². The summed E-state index contributed by atoms with van der Waals surface area (Å²) in [5, 5.41) is 28.2. The number of hydrogen-bond donors (Lipinski definition) is 3. The van der Waals surface area contributed by atoms with E-state index in [-0.39, 0.29) is 26.4 Å². The van der Waals surface area contributed by atoms with Gasteiger partial charge < -0.3 is 39.0 Å². The molecule has 0 spiro atoms. The number of carbonyl (C=O) groups excluding carboxylic acids is 3. The van der Waals surface area contributed by atoms with Crippen molar-refractivity contribution in [3.63, 3.8) is 0 Å². The van der Waals surface area contributed by atoms with Crippen molar-refractivity contribution in [3.05, 3.63) is 66.5 Å². The molecule has 0 amide bonds. The zero-order chi connectivity index (χ0) is 45.2. The van der Waals surface area contributed by atoms with Crippen LogP contribution in [0.4, 0.5) is 0 Å². The predicted molar refractivity (Wildman–Crippen MR) is 229 cm³/mol. The minimum Gasteiger partial charge on any atom is -0.494 e. The topological polar surface area (TPSA) is 192 Å². The lowest BCUT2D eigenvalue weighted by Gasteiger charge is -2.28. The molecule has 2 fully saturated rings. The lowest BCUT2D eigenvalue weighted by Crippen LogP contribution is -2.38. The molecular formula is C47H72O13. The number of allylic oxidation sites excluding steroid dienone is 4. The summed E-state index contributed by atoms with van der Waals surface area (Å²) in [7, 11) is 0. The van der Waals surface area contributed by atoms with Crippen molar-refractivity contribution >= 4 is 29.8 Å². The molecule has 2 aliphatic rings. The molecule has 7 unspecified atom stereocenters. The fourth-order valence-electron chi connectivity index (χ4n) is 6.34. The Morgan fingerprint density at radius 2 is 1.22 bits per heavy atom. The highest BCUT2D eigenvalue weighted by Gasteiger charge is 2.39. The van der Waals surface area contributed by atoms with Gasteiger partial charge in [0, 0.05) is 6.08 Å². The fraction of sp³-hybridized carbons (Fsp3) is 0.638. The molecule has 1 aromatic rings. The molecule has 338 valence electrons. The van der Waals surface area contributed by atoms with Crippen LogP contribution in [0.25, 0.3) is 0 Å². The first-order valence-corrected chi connectivity index (χ1v) is 21.4. The number of carboxylic acids is 2. The van der Waals surface area contributed by atoms with Crippen LogP contribution in [-0.4, -0.2) is 83.8 Å². The first-order valence-electron chi connectivity index (χ1n) is 21.4. The van der Waals surface area contributed by atoms with Gasteiger partial charge in [-0.15, -0.1) is 0 Å². The average molecular weight is 845 g/mol. The van der Waals surface area contributed by atoms with Gasteiger partial charge in [-0.2, -0.15) is 0 Å². The minimum absolute atomic E-state index is 0.0134. The van der Waals surface area contributed by atoms with E-state index in [0.29, 0.717) is 49.0 Å². The van der Waals surface area contributed by atoms with Crippen LogP contribution in [0, 0.1) is 35.5 Å². The monoisotopic (exact) mass is 844 g/mol. The number of carboxylic acid groups (broad SMARTS) is 2. The third-order valence-corrected chi connectivity index (χ3v) is 10.8. The van der Waals surface area contributed by atoms with Crippen LogP contribution in [-0.2, 0) is 42.9 Å². The lowest BCUT2D eigenvalue weighted by atomic mass is 9.79. The van der Waals surface area contributed by atoms with Crippen LogP contribution in [0.15, 0.2) is 60.9 Å². The molecule has 60 heavy (non-hydrogen) atoms. The van der Waals surface area contributed by atoms with Crippen molar-refractivity contribution in [2.75, 3.05) is 26.4 Å². The van der Waals surface area contributed by atoms with Gasteiger partial charge in [0.2, 0.25) is 0 Å². The van der Waals surface area contributed by atoms with Crippen LogP contribution in [0.5, 0.6) is 5.75 Å². The van der Waals surface area contributed by atoms with E-state index < -0.39 is 65.7 Å². The summed E-state index contributed by atoms with van der Waals surface area (Å²) in [5.41, 5.74) is 1.23. The van der Waals surface area contributed by atoms with Gasteiger partial charge in [-0.05, 0) is 81.1 Å². The Balaban J connectivity index is 0.000000539. The highest BCUT2D eigenvalue weighted by Crippen LogP contribution is 2.33. The molecule has 0 aliphatic heterocycles. The van der Waals surface area contributed by atoms with E-state index >= 15 is 0 Å². The third-order valence-electron chi connectivity index (χ3n) is 10.8. The highest BCUT2D eigenvalue weighted by atomic mass is 16.6. The highest BCUT2D eigenvalue weighted by molar-refractivity contribution is 5.82. The standard InChI is InChI=1S/C22H32O6.C20H28O7.C5H12/c1-14(2)15(3)16-8-10-17(11-9-16)27-13-18(12-23)28-22(26)20-7-5-4-6-19(20)21(24)25;1-4-6-9-14(3)25-12-15(13-26-18(21)5-2)27-20(24)17-11-8-7-10-16(17)19(22)23;1-4-5(2)3/h8-11,14-15,18-20,23H,4-7,12-13H2,1-3H3,(H,24,25);4-6,9,15-17H,2,7-8,10-13H2,1,3H3,(H,22,23);5H,4H2,1-3H3/b;6-4-,14-9+;. The number of ether oxygens (including phenoxy) is 5. The number of esters is 3. The first kappa shape index (κ1) is 53.4. The van der Waals surface area contributed by atoms with E-state index in [1.807, 2.05) is 37.3 Å². The number of aliphatic hydroxyl groups is 1. The lowest BCUT2D eigenvalue weighted by molar-refractivity contribution is -0.169. The van der Waals surface area contributed by atoms with Gasteiger partial charge in [0.1, 0.15) is 25.6 Å². The van der Waals surface area contributed by atoms with E-state index in [2.05, 4.69) is 48.1 Å². The van der Waals surface area contributed by atoms with Gasteiger partial charge >= 0.3 is 29.8 Å². The summed E-state index contributed by atoms with van der Waals surface area (Å²) < 4.78 is 27.0. The van der Waals surface area contributed by atoms with E-state index in [4.69, 9.17) is 23.7 Å². The molecular weight excluding hydrogens is 773 g/mol. The molecule has 2 aliphatic carbocycles. The summed E-state index contributed by atoms with van der Waals surface area (Å²) in [6.07, 6.45) is 11.1. The summed E-state index contributed by atoms with van der Waals surface area (Å²) in [6.45, 7) is 19.5. The van der Waals surface area contributed by atoms with Gasteiger partial charge in [0.25, 0.3) is 0 Å². The Morgan fingerprint density at radius 3 is 1.63 bits per heavy atom. The van der Waals surface area contributed by atoms with Crippen LogP contribution < -0.4 is 4.74 Å². The van der Waals surface area contributed by atoms with Gasteiger partial charge in [-0.25, -0.2) is 4.79 Å². The Labute approximate surface area is 357 Å². The van der Waals surface area contributed by atoms with Crippen LogP contribution in [0.2, 0.25) is 0 Å². The number of benzene rings is 1. The molecule has 3 rings (SSSR count). The Hall–Kier alpha value is -4.65. The molecule has 13 heteroatoms. The smallest absolute Gasteiger partial charge is 0.330 e. The normalized spacial score (nSPS) is 20.6. The molecule has 0 saturated heterocycles. The molecule has 0 radical (unpaired) electrons. The van der Waals surface area contributed by atoms with E-state index in [0.717, 1.165) is 37.7 Å². The predicted octanol–water partition coefficient (Wildman–Crippen LogP) is 8.69. The van der Waals surface area contributed by atoms with Crippen molar-refractivity contribution in [2.45, 2.75) is 131 Å². The van der Waals surface area contributed by atoms with Crippen molar-refractivity contribution in [3.8, 4) is 5.75 Å². The maximum atomic E-state index is 12.5. The molecule has 2 saturated carbocycles. The number of hydrogen-bond acceptors (Lipinski definition) is 11. The van der Waals surface area contributed by atoms with Crippen molar-refractivity contribution in [1.29, 1.82) is 0 Å². The maximum absolute atomic E-state index is 12.5. The van der Waals surface area contributed by atoms with Gasteiger partial charge in [0.05, 0.1) is 36.0 Å². The number of aliphatic carboxylic acids is 2. The minimum atomic E-state index is -0.993. The average Bonchev–Trinajstić information content (AvgIpc) is 3.25. The van der Waals surface area contributed by atoms with Crippen LogP contribution >= 0.6 is 0 Å². The number of aliphatic hydroxyl groups excluding tert-OH is 1. The summed E-state index contributed by atoms with van der Waals surface area (Å²) in [5.74, 6) is -3.47. The summed E-state index contributed by atoms with van der Waals surface area (Å²) >= 11 is 0. The van der Waals surface area contributed by atoms with Gasteiger partial charge in [0.15, 0.2) is 12.2 Å². The number of carbonyl (C=O) groups is 5. The Kier molecular flexibility index (Phi) is 26.3. The quantitative estimate of drug-likeness (QED) is 0.0372. The zero-order valence-corrected chi connectivity index (χ0v) is 37.1. The molecule has 7 atom stereocenters. The second kappa shape index (κ2) is 29.6. The second-order valence-electron chi connectivity index (χ2n) is 16.1.